The predicted molar refractivity (Wildman–Crippen MR) is 78.8 cm³/mol. The van der Waals surface area contributed by atoms with Gasteiger partial charge < -0.3 is 15.4 Å². The molecule has 0 aromatic carbocycles. The summed E-state index contributed by atoms with van der Waals surface area (Å²) in [5.41, 5.74) is 6.18. The Morgan fingerprint density at radius 1 is 1.42 bits per heavy atom. The zero-order valence-corrected chi connectivity index (χ0v) is 12.5. The van der Waals surface area contributed by atoms with Crippen molar-refractivity contribution in [2.75, 3.05) is 47.4 Å². The molecule has 2 rings (SSSR count). The molecule has 2 heterocycles. The first kappa shape index (κ1) is 14.9. The first-order chi connectivity index (χ1) is 9.06. The lowest BCUT2D eigenvalue weighted by molar-refractivity contribution is -0.0767. The van der Waals surface area contributed by atoms with E-state index >= 15 is 0 Å². The Morgan fingerprint density at radius 3 is 2.63 bits per heavy atom. The summed E-state index contributed by atoms with van der Waals surface area (Å²) in [5, 5.41) is 0. The number of hydrogen-bond acceptors (Lipinski definition) is 5. The third-order valence-electron chi connectivity index (χ3n) is 4.49. The van der Waals surface area contributed by atoms with Crippen LogP contribution in [0.1, 0.15) is 19.3 Å². The van der Waals surface area contributed by atoms with Gasteiger partial charge in [0.25, 0.3) is 0 Å². The number of rotatable bonds is 4. The van der Waals surface area contributed by atoms with Crippen LogP contribution in [0.3, 0.4) is 0 Å². The third-order valence-corrected chi connectivity index (χ3v) is 4.49. The van der Waals surface area contributed by atoms with Gasteiger partial charge >= 0.3 is 0 Å². The van der Waals surface area contributed by atoms with Crippen molar-refractivity contribution in [3.05, 3.63) is 0 Å². The summed E-state index contributed by atoms with van der Waals surface area (Å²) in [6.07, 6.45) is 5.18. The first-order valence-corrected chi connectivity index (χ1v) is 7.26. The van der Waals surface area contributed by atoms with Crippen molar-refractivity contribution in [1.82, 2.24) is 9.80 Å². The molecule has 2 aliphatic heterocycles. The number of aliphatic imine (C=N–C) groups is 1. The summed E-state index contributed by atoms with van der Waals surface area (Å²) >= 11 is 0. The van der Waals surface area contributed by atoms with E-state index in [1.165, 1.54) is 0 Å². The topological polar surface area (TPSA) is 54.1 Å². The number of ether oxygens (including phenoxy) is 1. The number of piperidine rings is 1. The van der Waals surface area contributed by atoms with Crippen LogP contribution in [0.2, 0.25) is 0 Å². The number of likely N-dealkylation sites (tertiary alicyclic amines) is 1. The molecule has 2 atom stereocenters. The molecule has 1 saturated heterocycles. The molecule has 1 fully saturated rings. The zero-order valence-electron chi connectivity index (χ0n) is 12.5. The Morgan fingerprint density at radius 2 is 2.11 bits per heavy atom. The fourth-order valence-electron chi connectivity index (χ4n) is 3.39. The van der Waals surface area contributed by atoms with Crippen LogP contribution in [0.4, 0.5) is 0 Å². The van der Waals surface area contributed by atoms with E-state index in [9.17, 15) is 0 Å². The van der Waals surface area contributed by atoms with E-state index in [2.05, 4.69) is 28.9 Å². The van der Waals surface area contributed by atoms with Gasteiger partial charge in [-0.15, -0.1) is 0 Å². The van der Waals surface area contributed by atoms with Gasteiger partial charge in [-0.2, -0.15) is 0 Å². The Kier molecular flexibility index (Phi) is 4.95. The van der Waals surface area contributed by atoms with Gasteiger partial charge in [-0.1, -0.05) is 0 Å². The van der Waals surface area contributed by atoms with Crippen molar-refractivity contribution in [2.24, 2.45) is 10.7 Å². The summed E-state index contributed by atoms with van der Waals surface area (Å²) in [6, 6.07) is 0.560. The molecule has 5 heteroatoms. The molecule has 0 spiro atoms. The third kappa shape index (κ3) is 3.54. The van der Waals surface area contributed by atoms with Crippen molar-refractivity contribution in [3.63, 3.8) is 0 Å². The second-order valence-corrected chi connectivity index (χ2v) is 6.15. The van der Waals surface area contributed by atoms with Gasteiger partial charge in [-0.25, -0.2) is 0 Å². The largest absolute Gasteiger partial charge is 0.377 e. The average Bonchev–Trinajstić information content (AvgIpc) is 2.40. The summed E-state index contributed by atoms with van der Waals surface area (Å²) in [6.45, 7) is 4.07. The molecule has 0 amide bonds. The summed E-state index contributed by atoms with van der Waals surface area (Å²) in [5.74, 6) is 0. The van der Waals surface area contributed by atoms with Crippen LogP contribution in [0.25, 0.3) is 0 Å². The fourth-order valence-corrected chi connectivity index (χ4v) is 3.39. The molecule has 2 aliphatic rings. The van der Waals surface area contributed by atoms with E-state index in [-0.39, 0.29) is 11.6 Å². The van der Waals surface area contributed by atoms with Gasteiger partial charge in [-0.3, -0.25) is 9.89 Å². The lowest BCUT2D eigenvalue weighted by atomic mass is 9.88. The first-order valence-electron chi connectivity index (χ1n) is 7.26. The molecule has 2 N–H and O–H groups in total. The van der Waals surface area contributed by atoms with Gasteiger partial charge in [0, 0.05) is 45.5 Å². The van der Waals surface area contributed by atoms with Gasteiger partial charge in [-0.05, 0) is 33.4 Å². The van der Waals surface area contributed by atoms with Crippen LogP contribution >= 0.6 is 0 Å². The minimum Gasteiger partial charge on any atom is -0.377 e. The highest BCUT2D eigenvalue weighted by Gasteiger charge is 2.38. The minimum atomic E-state index is 0.0207. The standard InChI is InChI=1S/C14H28N4O/c1-17(2)11-14(19-3)5-8-18(9-6-14)13-4-7-16-10-12(13)15/h10,12-13H,4-9,11,15H2,1-3H3. The fraction of sp³-hybridized carbons (Fsp3) is 0.929. The summed E-state index contributed by atoms with van der Waals surface area (Å²) in [4.78, 5) is 9.03. The Balaban J connectivity index is 1.92. The molecule has 5 nitrogen and oxygen atoms in total. The molecule has 0 aliphatic carbocycles. The van der Waals surface area contributed by atoms with Crippen LogP contribution in [0.15, 0.2) is 4.99 Å². The molecule has 110 valence electrons. The number of likely N-dealkylation sites (N-methyl/N-ethyl adjacent to an activating group) is 1. The van der Waals surface area contributed by atoms with Crippen molar-refractivity contribution >= 4 is 6.21 Å². The van der Waals surface area contributed by atoms with E-state index in [1.54, 1.807) is 0 Å². The van der Waals surface area contributed by atoms with Crippen molar-refractivity contribution < 1.29 is 4.74 Å². The Bertz CT molecular complexity index is 311. The average molecular weight is 268 g/mol. The van der Waals surface area contributed by atoms with E-state index in [0.29, 0.717) is 6.04 Å². The normalized spacial score (nSPS) is 31.8. The lowest BCUT2D eigenvalue weighted by Gasteiger charge is -2.46. The van der Waals surface area contributed by atoms with Gasteiger partial charge in [0.1, 0.15) is 0 Å². The SMILES string of the molecule is COC1(CN(C)C)CCN(C2CCN=CC2N)CC1. The molecule has 0 bridgehead atoms. The van der Waals surface area contributed by atoms with E-state index in [4.69, 9.17) is 10.5 Å². The molecule has 2 unspecified atom stereocenters. The Labute approximate surface area is 116 Å². The monoisotopic (exact) mass is 268 g/mol. The maximum absolute atomic E-state index is 6.16. The number of methoxy groups -OCH3 is 1. The van der Waals surface area contributed by atoms with Crippen LogP contribution in [0, 0.1) is 0 Å². The van der Waals surface area contributed by atoms with E-state index in [0.717, 1.165) is 45.4 Å². The van der Waals surface area contributed by atoms with Gasteiger partial charge in [0.15, 0.2) is 0 Å². The van der Waals surface area contributed by atoms with E-state index in [1.807, 2.05) is 13.3 Å². The summed E-state index contributed by atoms with van der Waals surface area (Å²) in [7, 11) is 6.07. The van der Waals surface area contributed by atoms with Crippen LogP contribution in [0.5, 0.6) is 0 Å². The second kappa shape index (κ2) is 6.31. The highest BCUT2D eigenvalue weighted by atomic mass is 16.5. The number of nitrogens with two attached hydrogens (primary N) is 1. The quantitative estimate of drug-likeness (QED) is 0.791. The van der Waals surface area contributed by atoms with Crippen LogP contribution < -0.4 is 5.73 Å². The van der Waals surface area contributed by atoms with Crippen molar-refractivity contribution in [2.45, 2.75) is 36.9 Å². The second-order valence-electron chi connectivity index (χ2n) is 6.15. The van der Waals surface area contributed by atoms with Crippen molar-refractivity contribution in [1.29, 1.82) is 0 Å². The molecular weight excluding hydrogens is 240 g/mol. The molecular formula is C14H28N4O. The van der Waals surface area contributed by atoms with Gasteiger partial charge in [0.05, 0.1) is 11.6 Å². The molecule has 0 aromatic rings. The van der Waals surface area contributed by atoms with Gasteiger partial charge in [0.2, 0.25) is 0 Å². The van der Waals surface area contributed by atoms with Crippen LogP contribution in [-0.4, -0.2) is 81.1 Å². The predicted octanol–water partition coefficient (Wildman–Crippen LogP) is 0.199. The highest BCUT2D eigenvalue weighted by Crippen LogP contribution is 2.28. The van der Waals surface area contributed by atoms with E-state index < -0.39 is 0 Å². The van der Waals surface area contributed by atoms with Crippen molar-refractivity contribution in [3.8, 4) is 0 Å². The maximum atomic E-state index is 6.16. The molecule has 0 aromatic heterocycles. The number of hydrogen-bond donors (Lipinski definition) is 1. The minimum absolute atomic E-state index is 0.0207. The lowest BCUT2D eigenvalue weighted by Crippen LogP contribution is -2.57. The summed E-state index contributed by atoms with van der Waals surface area (Å²) < 4.78 is 5.83. The molecule has 0 radical (unpaired) electrons. The number of nitrogens with zero attached hydrogens (tertiary/aromatic N) is 3. The smallest absolute Gasteiger partial charge is 0.0829 e. The highest BCUT2D eigenvalue weighted by molar-refractivity contribution is 5.66. The maximum Gasteiger partial charge on any atom is 0.0829 e. The zero-order chi connectivity index (χ0) is 13.9. The molecule has 0 saturated carbocycles. The Hall–Kier alpha value is -0.490. The van der Waals surface area contributed by atoms with Crippen LogP contribution in [-0.2, 0) is 4.74 Å². The molecule has 19 heavy (non-hydrogen) atoms.